The van der Waals surface area contributed by atoms with Crippen LogP contribution in [0.1, 0.15) is 18.9 Å². The molecule has 84 valence electrons. The lowest BCUT2D eigenvalue weighted by Crippen LogP contribution is -2.26. The molecule has 1 aliphatic rings. The molecule has 1 aromatic heterocycles. The van der Waals surface area contributed by atoms with Gasteiger partial charge in [0.15, 0.2) is 0 Å². The Kier molecular flexibility index (Phi) is 3.37. The van der Waals surface area contributed by atoms with Gasteiger partial charge in [0.1, 0.15) is 5.82 Å². The molecule has 1 fully saturated rings. The standard InChI is InChI=1S/C12H15N3O/c1-9(11-3-5-16-8-11)15-12-6-10(7-13)2-4-14-12/h2,4,6,9,11H,3,5,8H2,1H3,(H,14,15). The normalized spacial score (nSPS) is 21.4. The first-order chi connectivity index (χ1) is 7.79. The van der Waals surface area contributed by atoms with E-state index in [1.807, 2.05) is 0 Å². The molecule has 0 aliphatic carbocycles. The minimum Gasteiger partial charge on any atom is -0.381 e. The molecule has 0 spiro atoms. The van der Waals surface area contributed by atoms with Gasteiger partial charge in [0.2, 0.25) is 0 Å². The van der Waals surface area contributed by atoms with Crippen molar-refractivity contribution >= 4 is 5.82 Å². The number of nitrogens with one attached hydrogen (secondary N) is 1. The smallest absolute Gasteiger partial charge is 0.127 e. The van der Waals surface area contributed by atoms with Crippen molar-refractivity contribution in [2.75, 3.05) is 18.5 Å². The van der Waals surface area contributed by atoms with Gasteiger partial charge in [-0.15, -0.1) is 0 Å². The summed E-state index contributed by atoms with van der Waals surface area (Å²) in [5.74, 6) is 1.30. The lowest BCUT2D eigenvalue weighted by atomic mass is 10.0. The lowest BCUT2D eigenvalue weighted by molar-refractivity contribution is 0.183. The van der Waals surface area contributed by atoms with Gasteiger partial charge in [0.25, 0.3) is 0 Å². The van der Waals surface area contributed by atoms with Gasteiger partial charge in [-0.1, -0.05) is 0 Å². The quantitative estimate of drug-likeness (QED) is 0.838. The fourth-order valence-electron chi connectivity index (χ4n) is 1.88. The molecule has 4 nitrogen and oxygen atoms in total. The summed E-state index contributed by atoms with van der Waals surface area (Å²) in [5.41, 5.74) is 0.632. The Bertz CT molecular complexity index is 393. The minimum absolute atomic E-state index is 0.323. The van der Waals surface area contributed by atoms with Crippen LogP contribution in [0, 0.1) is 17.2 Å². The number of ether oxygens (including phenoxy) is 1. The lowest BCUT2D eigenvalue weighted by Gasteiger charge is -2.19. The van der Waals surface area contributed by atoms with Crippen molar-refractivity contribution < 1.29 is 4.74 Å². The highest BCUT2D eigenvalue weighted by atomic mass is 16.5. The van der Waals surface area contributed by atoms with Crippen molar-refractivity contribution in [1.29, 1.82) is 5.26 Å². The van der Waals surface area contributed by atoms with E-state index in [2.05, 4.69) is 23.3 Å². The van der Waals surface area contributed by atoms with E-state index in [0.717, 1.165) is 25.5 Å². The van der Waals surface area contributed by atoms with Gasteiger partial charge in [-0.2, -0.15) is 5.26 Å². The summed E-state index contributed by atoms with van der Waals surface area (Å²) in [6, 6.07) is 5.90. The van der Waals surface area contributed by atoms with Crippen LogP contribution in [0.5, 0.6) is 0 Å². The van der Waals surface area contributed by atoms with Gasteiger partial charge in [-0.3, -0.25) is 0 Å². The second kappa shape index (κ2) is 4.95. The number of anilines is 1. The summed E-state index contributed by atoms with van der Waals surface area (Å²) in [5, 5.41) is 12.1. The summed E-state index contributed by atoms with van der Waals surface area (Å²) in [4.78, 5) is 4.20. The molecule has 1 N–H and O–H groups in total. The summed E-state index contributed by atoms with van der Waals surface area (Å²) in [7, 11) is 0. The van der Waals surface area contributed by atoms with Crippen LogP contribution in [0.15, 0.2) is 18.3 Å². The van der Waals surface area contributed by atoms with E-state index in [4.69, 9.17) is 10.00 Å². The number of rotatable bonds is 3. The maximum atomic E-state index is 8.78. The molecular formula is C12H15N3O. The Morgan fingerprint density at radius 3 is 3.25 bits per heavy atom. The van der Waals surface area contributed by atoms with E-state index < -0.39 is 0 Å². The first kappa shape index (κ1) is 10.9. The highest BCUT2D eigenvalue weighted by Crippen LogP contribution is 2.19. The van der Waals surface area contributed by atoms with Crippen molar-refractivity contribution in [3.63, 3.8) is 0 Å². The first-order valence-electron chi connectivity index (χ1n) is 5.50. The van der Waals surface area contributed by atoms with E-state index in [0.29, 0.717) is 17.5 Å². The largest absolute Gasteiger partial charge is 0.381 e. The van der Waals surface area contributed by atoms with Crippen molar-refractivity contribution in [3.8, 4) is 6.07 Å². The summed E-state index contributed by atoms with van der Waals surface area (Å²) in [6.45, 7) is 3.79. The van der Waals surface area contributed by atoms with Crippen LogP contribution in [0.2, 0.25) is 0 Å². The summed E-state index contributed by atoms with van der Waals surface area (Å²) in [6.07, 6.45) is 2.74. The molecule has 1 aromatic rings. The van der Waals surface area contributed by atoms with E-state index in [9.17, 15) is 0 Å². The fraction of sp³-hybridized carbons (Fsp3) is 0.500. The van der Waals surface area contributed by atoms with Gasteiger partial charge in [-0.05, 0) is 25.5 Å². The van der Waals surface area contributed by atoms with Crippen LogP contribution in [-0.4, -0.2) is 24.2 Å². The average Bonchev–Trinajstić information content (AvgIpc) is 2.83. The van der Waals surface area contributed by atoms with Gasteiger partial charge < -0.3 is 10.1 Å². The summed E-state index contributed by atoms with van der Waals surface area (Å²) < 4.78 is 5.35. The molecule has 0 radical (unpaired) electrons. The van der Waals surface area contributed by atoms with Crippen LogP contribution < -0.4 is 5.32 Å². The predicted octanol–water partition coefficient (Wildman–Crippen LogP) is 1.79. The molecule has 0 saturated carbocycles. The molecular weight excluding hydrogens is 202 g/mol. The van der Waals surface area contributed by atoms with E-state index in [1.54, 1.807) is 18.3 Å². The molecule has 0 bridgehead atoms. The van der Waals surface area contributed by atoms with Crippen molar-refractivity contribution in [3.05, 3.63) is 23.9 Å². The topological polar surface area (TPSA) is 57.9 Å². The van der Waals surface area contributed by atoms with Gasteiger partial charge in [0.05, 0.1) is 18.2 Å². The van der Waals surface area contributed by atoms with Gasteiger partial charge in [-0.25, -0.2) is 4.98 Å². The third-order valence-corrected chi connectivity index (χ3v) is 2.94. The molecule has 0 aromatic carbocycles. The number of nitrogens with zero attached hydrogens (tertiary/aromatic N) is 2. The molecule has 2 atom stereocenters. The second-order valence-electron chi connectivity index (χ2n) is 4.10. The average molecular weight is 217 g/mol. The zero-order chi connectivity index (χ0) is 11.4. The van der Waals surface area contributed by atoms with Crippen molar-refractivity contribution in [2.24, 2.45) is 5.92 Å². The number of hydrogen-bond donors (Lipinski definition) is 1. The van der Waals surface area contributed by atoms with Crippen LogP contribution in [-0.2, 0) is 4.74 Å². The molecule has 2 heterocycles. The number of hydrogen-bond acceptors (Lipinski definition) is 4. The predicted molar refractivity (Wildman–Crippen MR) is 61.0 cm³/mol. The fourth-order valence-corrected chi connectivity index (χ4v) is 1.88. The number of nitriles is 1. The van der Waals surface area contributed by atoms with Gasteiger partial charge >= 0.3 is 0 Å². The van der Waals surface area contributed by atoms with Crippen molar-refractivity contribution in [1.82, 2.24) is 4.98 Å². The number of pyridine rings is 1. The Morgan fingerprint density at radius 2 is 2.56 bits per heavy atom. The number of aromatic nitrogens is 1. The van der Waals surface area contributed by atoms with E-state index in [-0.39, 0.29) is 0 Å². The van der Waals surface area contributed by atoms with Gasteiger partial charge in [0, 0.05) is 24.8 Å². The Morgan fingerprint density at radius 1 is 1.69 bits per heavy atom. The third kappa shape index (κ3) is 2.50. The van der Waals surface area contributed by atoms with Crippen LogP contribution >= 0.6 is 0 Å². The Hall–Kier alpha value is -1.60. The summed E-state index contributed by atoms with van der Waals surface area (Å²) >= 11 is 0. The van der Waals surface area contributed by atoms with E-state index >= 15 is 0 Å². The molecule has 2 rings (SSSR count). The highest BCUT2D eigenvalue weighted by Gasteiger charge is 2.22. The Balaban J connectivity index is 2.00. The molecule has 16 heavy (non-hydrogen) atoms. The molecule has 1 aliphatic heterocycles. The van der Waals surface area contributed by atoms with Crippen LogP contribution in [0.4, 0.5) is 5.82 Å². The molecule has 2 unspecified atom stereocenters. The van der Waals surface area contributed by atoms with Crippen molar-refractivity contribution in [2.45, 2.75) is 19.4 Å². The zero-order valence-corrected chi connectivity index (χ0v) is 9.31. The molecule has 4 heteroatoms. The first-order valence-corrected chi connectivity index (χ1v) is 5.50. The second-order valence-corrected chi connectivity index (χ2v) is 4.10. The van der Waals surface area contributed by atoms with Crippen LogP contribution in [0.25, 0.3) is 0 Å². The van der Waals surface area contributed by atoms with Crippen LogP contribution in [0.3, 0.4) is 0 Å². The maximum absolute atomic E-state index is 8.78. The molecule has 1 saturated heterocycles. The zero-order valence-electron chi connectivity index (χ0n) is 9.31. The van der Waals surface area contributed by atoms with E-state index in [1.165, 1.54) is 0 Å². The highest BCUT2D eigenvalue weighted by molar-refractivity contribution is 5.43. The SMILES string of the molecule is CC(Nc1cc(C#N)ccn1)C1CCOC1. The maximum Gasteiger partial charge on any atom is 0.127 e. The Labute approximate surface area is 95.3 Å². The minimum atomic E-state index is 0.323. The molecule has 0 amide bonds. The monoisotopic (exact) mass is 217 g/mol. The third-order valence-electron chi connectivity index (χ3n) is 2.94.